The van der Waals surface area contributed by atoms with Crippen LogP contribution in [0.3, 0.4) is 0 Å². The molecule has 3 aliphatic rings. The summed E-state index contributed by atoms with van der Waals surface area (Å²) in [6.07, 6.45) is 4.01. The van der Waals surface area contributed by atoms with Gasteiger partial charge in [-0.1, -0.05) is 54.4 Å². The molecule has 0 N–H and O–H groups in total. The average Bonchev–Trinajstić information content (AvgIpc) is 2.84. The second kappa shape index (κ2) is 11.1. The number of hydrogen-bond donors (Lipinski definition) is 0. The molecule has 3 fully saturated rings. The molecule has 184 valence electrons. The Kier molecular flexibility index (Phi) is 7.91. The Morgan fingerprint density at radius 2 is 1.85 bits per heavy atom. The van der Waals surface area contributed by atoms with Crippen molar-refractivity contribution in [2.75, 3.05) is 39.6 Å². The van der Waals surface area contributed by atoms with E-state index in [2.05, 4.69) is 47.6 Å². The zero-order chi connectivity index (χ0) is 23.4. The molecule has 2 aromatic rings. The van der Waals surface area contributed by atoms with Crippen LogP contribution in [0.4, 0.5) is 4.39 Å². The van der Waals surface area contributed by atoms with Crippen LogP contribution >= 0.6 is 11.9 Å². The fourth-order valence-electron chi connectivity index (χ4n) is 5.20. The van der Waals surface area contributed by atoms with Gasteiger partial charge in [0.05, 0.1) is 26.4 Å². The smallest absolute Gasteiger partial charge is 0.128 e. The first-order valence-corrected chi connectivity index (χ1v) is 13.5. The second-order valence-corrected chi connectivity index (χ2v) is 11.4. The maximum atomic E-state index is 15.5. The van der Waals surface area contributed by atoms with E-state index < -0.39 is 0 Å². The molecule has 0 radical (unpaired) electrons. The largest absolute Gasteiger partial charge is 0.381 e. The lowest BCUT2D eigenvalue weighted by Crippen LogP contribution is -2.40. The molecule has 3 heterocycles. The molecule has 3 aliphatic heterocycles. The van der Waals surface area contributed by atoms with Crippen molar-refractivity contribution in [1.82, 2.24) is 4.31 Å². The average molecular weight is 486 g/mol. The Labute approximate surface area is 207 Å². The lowest BCUT2D eigenvalue weighted by Gasteiger charge is -2.39. The van der Waals surface area contributed by atoms with Gasteiger partial charge in [0.1, 0.15) is 5.82 Å². The summed E-state index contributed by atoms with van der Waals surface area (Å²) in [5, 5.41) is 0.434. The van der Waals surface area contributed by atoms with E-state index >= 15 is 4.39 Å². The number of hydrogen-bond acceptors (Lipinski definition) is 5. The van der Waals surface area contributed by atoms with Gasteiger partial charge < -0.3 is 14.2 Å². The number of benzene rings is 2. The van der Waals surface area contributed by atoms with Crippen molar-refractivity contribution in [3.05, 3.63) is 71.0 Å². The SMILES string of the molecule is C[C@H]1CC[C@H](c2ccccc2)SN1Cc1ccc(C2(COCC3COC3)CCOCC2)cc1F. The van der Waals surface area contributed by atoms with E-state index in [0.717, 1.165) is 56.6 Å². The molecule has 4 nitrogen and oxygen atoms in total. The van der Waals surface area contributed by atoms with Gasteiger partial charge >= 0.3 is 0 Å². The third kappa shape index (κ3) is 5.52. The van der Waals surface area contributed by atoms with Crippen molar-refractivity contribution in [3.8, 4) is 0 Å². The van der Waals surface area contributed by atoms with E-state index in [0.29, 0.717) is 43.6 Å². The predicted molar refractivity (Wildman–Crippen MR) is 134 cm³/mol. The first-order chi connectivity index (χ1) is 16.6. The van der Waals surface area contributed by atoms with Gasteiger partial charge in [-0.05, 0) is 49.8 Å². The van der Waals surface area contributed by atoms with Gasteiger partial charge in [-0.3, -0.25) is 0 Å². The quantitative estimate of drug-likeness (QED) is 0.434. The maximum absolute atomic E-state index is 15.5. The number of halogens is 1. The molecule has 0 spiro atoms. The van der Waals surface area contributed by atoms with Gasteiger partial charge in [0.2, 0.25) is 0 Å². The summed E-state index contributed by atoms with van der Waals surface area (Å²) in [6.45, 7) is 7.18. The van der Waals surface area contributed by atoms with Gasteiger partial charge in [0.15, 0.2) is 0 Å². The molecule has 3 saturated heterocycles. The topological polar surface area (TPSA) is 30.9 Å². The first-order valence-electron chi connectivity index (χ1n) is 12.6. The number of nitrogens with zero attached hydrogens (tertiary/aromatic N) is 1. The minimum Gasteiger partial charge on any atom is -0.381 e. The van der Waals surface area contributed by atoms with E-state index in [-0.39, 0.29) is 11.2 Å². The highest BCUT2D eigenvalue weighted by Crippen LogP contribution is 2.43. The third-order valence-corrected chi connectivity index (χ3v) is 9.17. The van der Waals surface area contributed by atoms with Crippen LogP contribution in [0.5, 0.6) is 0 Å². The standard InChI is InChI=1S/C28H36FNO3S/c1-21-7-10-27(23-5-3-2-4-6-23)34-30(21)16-24-8-9-25(15-26(24)29)28(11-13-31-14-12-28)20-33-19-22-17-32-18-22/h2-6,8-9,15,21-22,27H,7,10-14,16-20H2,1H3/t21-,27+/m0/s1. The van der Waals surface area contributed by atoms with E-state index in [1.54, 1.807) is 6.07 Å². The molecule has 2 aromatic carbocycles. The Hall–Kier alpha value is -1.44. The van der Waals surface area contributed by atoms with Crippen LogP contribution in [-0.2, 0) is 26.2 Å². The summed E-state index contributed by atoms with van der Waals surface area (Å²) in [4.78, 5) is 0. The molecular weight excluding hydrogens is 449 g/mol. The van der Waals surface area contributed by atoms with E-state index in [1.807, 2.05) is 18.0 Å². The molecule has 0 aromatic heterocycles. The lowest BCUT2D eigenvalue weighted by molar-refractivity contribution is -0.0843. The second-order valence-electron chi connectivity index (χ2n) is 10.1. The van der Waals surface area contributed by atoms with Crippen molar-refractivity contribution >= 4 is 11.9 Å². The molecule has 0 aliphatic carbocycles. The summed E-state index contributed by atoms with van der Waals surface area (Å²) < 4.78 is 34.9. The fraction of sp³-hybridized carbons (Fsp3) is 0.571. The van der Waals surface area contributed by atoms with E-state index in [4.69, 9.17) is 14.2 Å². The fourth-order valence-corrected chi connectivity index (χ4v) is 6.57. The predicted octanol–water partition coefficient (Wildman–Crippen LogP) is 5.91. The number of rotatable bonds is 8. The molecule has 2 atom stereocenters. The minimum absolute atomic E-state index is 0.106. The molecule has 0 unspecified atom stereocenters. The van der Waals surface area contributed by atoms with Crippen LogP contribution in [0.15, 0.2) is 48.5 Å². The van der Waals surface area contributed by atoms with E-state index in [1.165, 1.54) is 5.56 Å². The maximum Gasteiger partial charge on any atom is 0.128 e. The van der Waals surface area contributed by atoms with E-state index in [9.17, 15) is 0 Å². The summed E-state index contributed by atoms with van der Waals surface area (Å²) in [7, 11) is 0. The van der Waals surface area contributed by atoms with Crippen LogP contribution in [0.1, 0.15) is 54.5 Å². The van der Waals surface area contributed by atoms with Crippen LogP contribution in [0.25, 0.3) is 0 Å². The highest BCUT2D eigenvalue weighted by atomic mass is 32.2. The van der Waals surface area contributed by atoms with Crippen LogP contribution < -0.4 is 0 Å². The van der Waals surface area contributed by atoms with Gasteiger partial charge in [-0.15, -0.1) is 0 Å². The minimum atomic E-state index is -0.173. The molecular formula is C28H36FNO3S. The Morgan fingerprint density at radius 3 is 2.56 bits per heavy atom. The summed E-state index contributed by atoms with van der Waals surface area (Å²) in [6, 6.07) is 17.0. The number of ether oxygens (including phenoxy) is 3. The molecule has 0 bridgehead atoms. The molecule has 0 saturated carbocycles. The highest BCUT2D eigenvalue weighted by Gasteiger charge is 2.36. The zero-order valence-electron chi connectivity index (χ0n) is 20.1. The Balaban J connectivity index is 1.28. The molecule has 5 rings (SSSR count). The van der Waals surface area contributed by atoms with Crippen molar-refractivity contribution in [2.45, 2.75) is 55.9 Å². The summed E-state index contributed by atoms with van der Waals surface area (Å²) in [5.74, 6) is 0.394. The van der Waals surface area contributed by atoms with Crippen LogP contribution in [-0.4, -0.2) is 50.0 Å². The van der Waals surface area contributed by atoms with Crippen molar-refractivity contribution in [1.29, 1.82) is 0 Å². The third-order valence-electron chi connectivity index (χ3n) is 7.65. The lowest BCUT2D eigenvalue weighted by atomic mass is 9.74. The Morgan fingerprint density at radius 1 is 1.06 bits per heavy atom. The van der Waals surface area contributed by atoms with Gasteiger partial charge in [-0.2, -0.15) is 0 Å². The van der Waals surface area contributed by atoms with Crippen LogP contribution in [0, 0.1) is 11.7 Å². The summed E-state index contributed by atoms with van der Waals surface area (Å²) in [5.41, 5.74) is 3.00. The Bertz CT molecular complexity index is 933. The van der Waals surface area contributed by atoms with Crippen molar-refractivity contribution in [3.63, 3.8) is 0 Å². The molecule has 0 amide bonds. The van der Waals surface area contributed by atoms with Crippen molar-refractivity contribution in [2.24, 2.45) is 5.92 Å². The first kappa shape index (κ1) is 24.3. The normalized spacial score (nSPS) is 25.7. The zero-order valence-corrected chi connectivity index (χ0v) is 20.9. The van der Waals surface area contributed by atoms with Crippen molar-refractivity contribution < 1.29 is 18.6 Å². The van der Waals surface area contributed by atoms with Gasteiger partial charge in [-0.25, -0.2) is 8.70 Å². The summed E-state index contributed by atoms with van der Waals surface area (Å²) >= 11 is 1.87. The monoisotopic (exact) mass is 485 g/mol. The van der Waals surface area contributed by atoms with Gasteiger partial charge in [0.25, 0.3) is 0 Å². The van der Waals surface area contributed by atoms with Gasteiger partial charge in [0, 0.05) is 47.9 Å². The van der Waals surface area contributed by atoms with Crippen LogP contribution in [0.2, 0.25) is 0 Å². The molecule has 6 heteroatoms. The molecule has 34 heavy (non-hydrogen) atoms. The highest BCUT2D eigenvalue weighted by molar-refractivity contribution is 7.97.